The third-order valence-electron chi connectivity index (χ3n) is 4.65. The summed E-state index contributed by atoms with van der Waals surface area (Å²) in [6.45, 7) is 3.96. The van der Waals surface area contributed by atoms with Crippen LogP contribution in [0.25, 0.3) is 22.2 Å². The van der Waals surface area contributed by atoms with E-state index in [9.17, 15) is 13.2 Å². The van der Waals surface area contributed by atoms with Gasteiger partial charge in [0, 0.05) is 35.0 Å². The Kier molecular flexibility index (Phi) is 7.07. The lowest BCUT2D eigenvalue weighted by Gasteiger charge is -2.26. The van der Waals surface area contributed by atoms with E-state index in [2.05, 4.69) is 10.3 Å². The first-order chi connectivity index (χ1) is 14.7. The van der Waals surface area contributed by atoms with E-state index in [0.717, 1.165) is 59.5 Å². The first-order valence-electron chi connectivity index (χ1n) is 9.47. The van der Waals surface area contributed by atoms with Crippen molar-refractivity contribution in [2.24, 2.45) is 0 Å². The zero-order valence-corrected chi connectivity index (χ0v) is 17.3. The Morgan fingerprint density at radius 2 is 2.06 bits per heavy atom. The van der Waals surface area contributed by atoms with Crippen molar-refractivity contribution in [2.45, 2.75) is 32.0 Å². The summed E-state index contributed by atoms with van der Waals surface area (Å²) in [7, 11) is 0. The number of hydrogen-bond acceptors (Lipinski definition) is 5. The van der Waals surface area contributed by atoms with Gasteiger partial charge in [-0.05, 0) is 50.1 Å². The molecule has 166 valence electrons. The minimum absolute atomic E-state index is 0.173. The molecule has 2 N–H and O–H groups in total. The number of carbonyl (C=O) groups is 1. The molecule has 1 unspecified atom stereocenters. The van der Waals surface area contributed by atoms with Crippen LogP contribution >= 0.6 is 11.6 Å². The molecule has 0 bridgehead atoms. The highest BCUT2D eigenvalue weighted by Gasteiger charge is 2.38. The number of hydrogen-bond donors (Lipinski definition) is 2. The van der Waals surface area contributed by atoms with Gasteiger partial charge in [-0.25, -0.2) is 4.79 Å². The van der Waals surface area contributed by atoms with E-state index in [1.165, 1.54) is 0 Å². The zero-order chi connectivity index (χ0) is 22.6. The van der Waals surface area contributed by atoms with Gasteiger partial charge in [-0.2, -0.15) is 13.2 Å². The fraction of sp³-hybridized carbons (Fsp3) is 0.333. The number of rotatable bonds is 3. The Morgan fingerprint density at radius 3 is 2.71 bits per heavy atom. The number of fused-ring (bicyclic) bond motifs is 1. The minimum atomic E-state index is -5.08. The second-order valence-corrected chi connectivity index (χ2v) is 7.42. The number of piperidine rings is 1. The van der Waals surface area contributed by atoms with Crippen LogP contribution in [0.1, 0.15) is 18.4 Å². The van der Waals surface area contributed by atoms with Crippen molar-refractivity contribution in [3.63, 3.8) is 0 Å². The van der Waals surface area contributed by atoms with Crippen molar-refractivity contribution in [2.75, 3.05) is 13.1 Å². The predicted molar refractivity (Wildman–Crippen MR) is 109 cm³/mol. The highest BCUT2D eigenvalue weighted by molar-refractivity contribution is 6.31. The topological polar surface area (TPSA) is 84.6 Å². The van der Waals surface area contributed by atoms with Crippen LogP contribution in [-0.4, -0.2) is 41.4 Å². The number of halogens is 4. The Bertz CT molecular complexity index is 1060. The first-order valence-corrected chi connectivity index (χ1v) is 9.85. The number of benzene rings is 1. The zero-order valence-electron chi connectivity index (χ0n) is 16.5. The van der Waals surface area contributed by atoms with E-state index in [0.29, 0.717) is 5.02 Å². The van der Waals surface area contributed by atoms with Gasteiger partial charge in [0.15, 0.2) is 5.58 Å². The first kappa shape index (κ1) is 22.9. The summed E-state index contributed by atoms with van der Waals surface area (Å²) >= 11 is 6.33. The monoisotopic (exact) mass is 456 g/mol. The lowest BCUT2D eigenvalue weighted by molar-refractivity contribution is -0.192. The molecule has 10 heteroatoms. The van der Waals surface area contributed by atoms with Crippen molar-refractivity contribution in [3.8, 4) is 16.9 Å². The summed E-state index contributed by atoms with van der Waals surface area (Å²) < 4.78 is 43.8. The number of aliphatic carboxylic acids is 1. The van der Waals surface area contributed by atoms with Gasteiger partial charge >= 0.3 is 12.1 Å². The average Bonchev–Trinajstić information content (AvgIpc) is 3.19. The maximum atomic E-state index is 10.6. The largest absolute Gasteiger partial charge is 0.490 e. The lowest BCUT2D eigenvalue weighted by atomic mass is 10.0. The van der Waals surface area contributed by atoms with E-state index in [-0.39, 0.29) is 6.10 Å². The molecule has 6 nitrogen and oxygen atoms in total. The molecular formula is C21H20ClF3N2O4. The summed E-state index contributed by atoms with van der Waals surface area (Å²) in [6, 6.07) is 7.69. The molecule has 4 rings (SSSR count). The molecule has 0 amide bonds. The molecule has 1 fully saturated rings. The van der Waals surface area contributed by atoms with Gasteiger partial charge in [-0.15, -0.1) is 0 Å². The molecule has 2 aromatic heterocycles. The molecule has 0 spiro atoms. The normalized spacial score (nSPS) is 16.5. The molecule has 0 radical (unpaired) electrons. The van der Waals surface area contributed by atoms with E-state index in [4.69, 9.17) is 30.7 Å². The molecule has 3 aromatic rings. The van der Waals surface area contributed by atoms with Crippen LogP contribution in [-0.2, 0) is 4.79 Å². The summed E-state index contributed by atoms with van der Waals surface area (Å²) in [5.41, 5.74) is 4.52. The summed E-state index contributed by atoms with van der Waals surface area (Å²) in [6.07, 6.45) is 0.719. The average molecular weight is 457 g/mol. The Balaban J connectivity index is 0.000000339. The summed E-state index contributed by atoms with van der Waals surface area (Å²) in [5.74, 6) is -1.88. The smallest absolute Gasteiger partial charge is 0.488 e. The summed E-state index contributed by atoms with van der Waals surface area (Å²) in [4.78, 5) is 13.2. The standard InChI is InChI=1S/C19H19ClN2O2.C2HF3O2/c1-12-9-13(20)10-16(18(12)24-14-3-2-6-21-11-14)15-4-7-22-17-5-8-23-19(15)17;3-2(4,5)1(6)7/h4-5,7-10,14,21H,2-3,6,11H2,1H3;(H,6,7). The quantitative estimate of drug-likeness (QED) is 0.562. The molecule has 1 aliphatic heterocycles. The van der Waals surface area contributed by atoms with Crippen LogP contribution in [0.3, 0.4) is 0 Å². The van der Waals surface area contributed by atoms with E-state index in [1.54, 1.807) is 12.5 Å². The van der Waals surface area contributed by atoms with E-state index < -0.39 is 12.1 Å². The van der Waals surface area contributed by atoms with Gasteiger partial charge < -0.3 is 19.6 Å². The molecule has 31 heavy (non-hydrogen) atoms. The van der Waals surface area contributed by atoms with Crippen LogP contribution in [0.5, 0.6) is 5.75 Å². The number of carboxylic acids is 1. The molecule has 0 aliphatic carbocycles. The Hall–Kier alpha value is -2.78. The van der Waals surface area contributed by atoms with Crippen LogP contribution in [0.15, 0.2) is 41.1 Å². The Labute approximate surface area is 181 Å². The fourth-order valence-corrected chi connectivity index (χ4v) is 3.53. The number of aromatic nitrogens is 1. The van der Waals surface area contributed by atoms with Crippen molar-refractivity contribution in [3.05, 3.63) is 47.3 Å². The Morgan fingerprint density at radius 1 is 1.32 bits per heavy atom. The van der Waals surface area contributed by atoms with Gasteiger partial charge in [0.25, 0.3) is 0 Å². The second-order valence-electron chi connectivity index (χ2n) is 6.98. The maximum absolute atomic E-state index is 10.6. The third-order valence-corrected chi connectivity index (χ3v) is 4.87. The van der Waals surface area contributed by atoms with Crippen molar-refractivity contribution in [1.82, 2.24) is 10.3 Å². The van der Waals surface area contributed by atoms with E-state index in [1.807, 2.05) is 31.2 Å². The molecule has 0 saturated carbocycles. The SMILES string of the molecule is Cc1cc(Cl)cc(-c2ccnc3ccoc23)c1OC1CCCNC1.O=C(O)C(F)(F)F. The van der Waals surface area contributed by atoms with Crippen LogP contribution in [0, 0.1) is 6.92 Å². The van der Waals surface area contributed by atoms with Crippen molar-refractivity contribution < 1.29 is 32.2 Å². The van der Waals surface area contributed by atoms with Crippen molar-refractivity contribution >= 4 is 28.7 Å². The molecule has 1 atom stereocenters. The number of carboxylic acid groups (broad SMARTS) is 1. The number of ether oxygens (including phenoxy) is 1. The van der Waals surface area contributed by atoms with Gasteiger partial charge in [0.2, 0.25) is 0 Å². The lowest BCUT2D eigenvalue weighted by Crippen LogP contribution is -2.37. The summed E-state index contributed by atoms with van der Waals surface area (Å²) in [5, 5.41) is 11.2. The fourth-order valence-electron chi connectivity index (χ4n) is 3.26. The van der Waals surface area contributed by atoms with Crippen LogP contribution in [0.2, 0.25) is 5.02 Å². The number of nitrogens with zero attached hydrogens (tertiary/aromatic N) is 1. The molecule has 1 aliphatic rings. The highest BCUT2D eigenvalue weighted by Crippen LogP contribution is 2.39. The molecule has 3 heterocycles. The number of nitrogens with one attached hydrogen (secondary N) is 1. The van der Waals surface area contributed by atoms with Gasteiger partial charge in [-0.3, -0.25) is 4.98 Å². The van der Waals surface area contributed by atoms with E-state index >= 15 is 0 Å². The minimum Gasteiger partial charge on any atom is -0.488 e. The predicted octanol–water partition coefficient (Wildman–Crippen LogP) is 5.22. The van der Waals surface area contributed by atoms with Crippen LogP contribution < -0.4 is 10.1 Å². The van der Waals surface area contributed by atoms with Gasteiger partial charge in [0.1, 0.15) is 17.4 Å². The highest BCUT2D eigenvalue weighted by atomic mass is 35.5. The molecular weight excluding hydrogens is 437 g/mol. The van der Waals surface area contributed by atoms with Crippen LogP contribution in [0.4, 0.5) is 13.2 Å². The number of pyridine rings is 1. The van der Waals surface area contributed by atoms with Gasteiger partial charge in [0.05, 0.1) is 6.26 Å². The van der Waals surface area contributed by atoms with Gasteiger partial charge in [-0.1, -0.05) is 11.6 Å². The maximum Gasteiger partial charge on any atom is 0.490 e. The number of aryl methyl sites for hydroxylation is 1. The molecule has 1 aromatic carbocycles. The number of furan rings is 1. The third kappa shape index (κ3) is 5.68. The van der Waals surface area contributed by atoms with Crippen molar-refractivity contribution in [1.29, 1.82) is 0 Å². The molecule has 1 saturated heterocycles. The number of alkyl halides is 3. The second kappa shape index (κ2) is 9.57.